The third-order valence-electron chi connectivity index (χ3n) is 14.2. The van der Waals surface area contributed by atoms with Crippen molar-refractivity contribution in [2.45, 2.75) is 87.5 Å². The van der Waals surface area contributed by atoms with Gasteiger partial charge >= 0.3 is 6.09 Å². The van der Waals surface area contributed by atoms with Gasteiger partial charge < -0.3 is 55.2 Å². The Morgan fingerprint density at radius 3 is 1.42 bits per heavy atom. The van der Waals surface area contributed by atoms with Gasteiger partial charge in [0.05, 0.1) is 35.1 Å². The summed E-state index contributed by atoms with van der Waals surface area (Å²) >= 11 is 12.8. The molecule has 2 aromatic heterocycles. The fourth-order valence-corrected chi connectivity index (χ4v) is 12.6. The van der Waals surface area contributed by atoms with E-state index in [1.54, 1.807) is 41.3 Å². The second kappa shape index (κ2) is 25.5. The molecule has 83 heavy (non-hydrogen) atoms. The van der Waals surface area contributed by atoms with E-state index >= 15 is 0 Å². The number of nitrogens with zero attached hydrogens (tertiary/aromatic N) is 7. The van der Waals surface area contributed by atoms with Gasteiger partial charge in [-0.2, -0.15) is 9.97 Å². The van der Waals surface area contributed by atoms with Crippen LogP contribution in [0.2, 0.25) is 10.0 Å². The number of para-hydroxylation sites is 2. The molecule has 0 radical (unpaired) electrons. The summed E-state index contributed by atoms with van der Waals surface area (Å²) in [5.41, 5.74) is 5.83. The molecule has 0 saturated carbocycles. The van der Waals surface area contributed by atoms with Crippen molar-refractivity contribution in [1.82, 2.24) is 38.8 Å². The van der Waals surface area contributed by atoms with E-state index in [1.807, 2.05) is 39.8 Å². The van der Waals surface area contributed by atoms with E-state index in [9.17, 15) is 21.6 Å². The summed E-state index contributed by atoms with van der Waals surface area (Å²) in [5.74, 6) is 4.23. The minimum Gasteiger partial charge on any atom is -0.486 e. The topological polar surface area (TPSA) is 253 Å². The van der Waals surface area contributed by atoms with Gasteiger partial charge in [0.1, 0.15) is 51.9 Å². The first-order valence-electron chi connectivity index (χ1n) is 27.2. The highest BCUT2D eigenvalue weighted by molar-refractivity contribution is 7.89. The van der Waals surface area contributed by atoms with E-state index in [-0.39, 0.29) is 55.4 Å². The first kappa shape index (κ1) is 60.7. The van der Waals surface area contributed by atoms with Crippen LogP contribution < -0.4 is 45.5 Å². The highest BCUT2D eigenvalue weighted by Crippen LogP contribution is 2.50. The third-order valence-corrected chi connectivity index (χ3v) is 18.5. The molecule has 4 aromatic carbocycles. The van der Waals surface area contributed by atoms with Crippen molar-refractivity contribution in [1.29, 1.82) is 0 Å². The Kier molecular flexibility index (Phi) is 18.6. The molecule has 22 nitrogen and oxygen atoms in total. The quantitative estimate of drug-likeness (QED) is 0.0680. The summed E-state index contributed by atoms with van der Waals surface area (Å²) in [6.07, 6.45) is 6.23. The Morgan fingerprint density at radius 2 is 1.01 bits per heavy atom. The van der Waals surface area contributed by atoms with Crippen molar-refractivity contribution in [3.63, 3.8) is 0 Å². The predicted molar refractivity (Wildman–Crippen MR) is 321 cm³/mol. The molecule has 0 unspecified atom stereocenters. The van der Waals surface area contributed by atoms with Gasteiger partial charge in [-0.3, -0.25) is 0 Å². The number of carbonyl (C=O) groups is 1. The van der Waals surface area contributed by atoms with Crippen LogP contribution in [0, 0.1) is 13.8 Å². The summed E-state index contributed by atoms with van der Waals surface area (Å²) in [6, 6.07) is 17.1. The molecule has 2 saturated heterocycles. The molecule has 6 heterocycles. The molecule has 6 aromatic rings. The van der Waals surface area contributed by atoms with Crippen molar-refractivity contribution in [2.24, 2.45) is 0 Å². The van der Waals surface area contributed by atoms with Crippen molar-refractivity contribution in [2.75, 3.05) is 102 Å². The Hall–Kier alpha value is -6.93. The Morgan fingerprint density at radius 1 is 0.614 bits per heavy atom. The standard InChI is InChI=1S/C31H39ClN6O6S.C26H31ClN6O4S/c1-19-17-23(26-27(43-16-15-42-26)25(19)20-11-13-38(14-12-20)30(39)44-31(2,3)4)35-29-33-18-21(32)28(36-29)34-22-9-7-8-10-24(22)45(40,41)37(5)6;1-16-14-20(23-24(37-13-12-36-23)22(16)17-8-10-28-11-9-17)31-26-29-15-18(27)25(32-26)30-19-6-4-5-7-21(19)38(34,35)33(2)3/h7-10,17-18,20H,11-16H2,1-6H3,(H2,33,34,35,36);4-7,14-15,17,28H,8-13H2,1-3H3,(H2,29,30,31,32). The molecule has 26 heteroatoms. The Bertz CT molecular complexity index is 3600. The molecule has 2 fully saturated rings. The number of piperidine rings is 2. The number of rotatable bonds is 14. The number of nitrogens with one attached hydrogen (secondary N) is 5. The van der Waals surface area contributed by atoms with Gasteiger partial charge in [-0.15, -0.1) is 0 Å². The largest absolute Gasteiger partial charge is 0.486 e. The lowest BCUT2D eigenvalue weighted by molar-refractivity contribution is 0.0204. The maximum absolute atomic E-state index is 12.9. The number of fused-ring (bicyclic) bond motifs is 2. The van der Waals surface area contributed by atoms with Crippen molar-refractivity contribution in [3.05, 3.63) is 105 Å². The zero-order valence-electron chi connectivity index (χ0n) is 47.9. The average molecular weight is 1220 g/mol. The number of anilines is 8. The second-order valence-corrected chi connectivity index (χ2v) is 26.7. The van der Waals surface area contributed by atoms with Gasteiger partial charge in [-0.25, -0.2) is 40.2 Å². The van der Waals surface area contributed by atoms with Crippen LogP contribution >= 0.6 is 23.2 Å². The zero-order chi connectivity index (χ0) is 59.4. The summed E-state index contributed by atoms with van der Waals surface area (Å²) in [7, 11) is -1.52. The number of sulfonamides is 2. The molecule has 0 atom stereocenters. The Labute approximate surface area is 495 Å². The molecular formula is C57H70Cl2N12O10S2. The number of hydrogen-bond donors (Lipinski definition) is 5. The minimum absolute atomic E-state index is 0.0851. The van der Waals surface area contributed by atoms with Crippen LogP contribution in [0.4, 0.5) is 51.1 Å². The van der Waals surface area contributed by atoms with E-state index in [0.717, 1.165) is 69.8 Å². The summed E-state index contributed by atoms with van der Waals surface area (Å²) in [6.45, 7) is 14.6. The maximum atomic E-state index is 12.9. The Balaban J connectivity index is 0.000000202. The molecule has 5 N–H and O–H groups in total. The number of aryl methyl sites for hydroxylation is 2. The van der Waals surface area contributed by atoms with Gasteiger partial charge in [0.15, 0.2) is 34.6 Å². The number of likely N-dealkylation sites (tertiary alicyclic amines) is 1. The molecule has 4 aliphatic heterocycles. The average Bonchev–Trinajstić information content (AvgIpc) is 3.66. The number of halogens is 2. The van der Waals surface area contributed by atoms with Crippen LogP contribution in [0.3, 0.4) is 0 Å². The number of ether oxygens (including phenoxy) is 5. The van der Waals surface area contributed by atoms with Crippen LogP contribution in [0.5, 0.6) is 23.0 Å². The van der Waals surface area contributed by atoms with Crippen LogP contribution in [-0.4, -0.2) is 143 Å². The van der Waals surface area contributed by atoms with E-state index in [1.165, 1.54) is 58.3 Å². The zero-order valence-corrected chi connectivity index (χ0v) is 51.0. The number of hydrogen-bond acceptors (Lipinski definition) is 19. The summed E-state index contributed by atoms with van der Waals surface area (Å²) < 4.78 is 83.8. The predicted octanol–water partition coefficient (Wildman–Crippen LogP) is 10.5. The van der Waals surface area contributed by atoms with E-state index in [2.05, 4.69) is 53.4 Å². The van der Waals surface area contributed by atoms with E-state index in [0.29, 0.717) is 85.4 Å². The number of aromatic nitrogens is 4. The van der Waals surface area contributed by atoms with Gasteiger partial charge in [0, 0.05) is 52.4 Å². The lowest BCUT2D eigenvalue weighted by atomic mass is 9.85. The molecule has 0 bridgehead atoms. The molecule has 4 aliphatic rings. The van der Waals surface area contributed by atoms with Gasteiger partial charge in [0.25, 0.3) is 0 Å². The van der Waals surface area contributed by atoms with Crippen LogP contribution in [0.15, 0.2) is 82.8 Å². The van der Waals surface area contributed by atoms with Gasteiger partial charge in [-0.05, 0) is 133 Å². The van der Waals surface area contributed by atoms with Crippen molar-refractivity contribution in [3.8, 4) is 23.0 Å². The monoisotopic (exact) mass is 1220 g/mol. The fourth-order valence-electron chi connectivity index (χ4n) is 10.2. The number of amides is 1. The highest BCUT2D eigenvalue weighted by Gasteiger charge is 2.34. The van der Waals surface area contributed by atoms with Gasteiger partial charge in [-0.1, -0.05) is 47.5 Å². The minimum atomic E-state index is -3.73. The van der Waals surface area contributed by atoms with Crippen LogP contribution in [0.1, 0.15) is 80.5 Å². The number of benzene rings is 4. The molecule has 1 amide bonds. The third kappa shape index (κ3) is 13.9. The summed E-state index contributed by atoms with van der Waals surface area (Å²) in [5, 5.41) is 16.5. The van der Waals surface area contributed by atoms with Crippen molar-refractivity contribution >= 4 is 95.6 Å². The highest BCUT2D eigenvalue weighted by atomic mass is 35.5. The molecule has 444 valence electrons. The van der Waals surface area contributed by atoms with Crippen molar-refractivity contribution < 1.29 is 45.3 Å². The van der Waals surface area contributed by atoms with Crippen LogP contribution in [0.25, 0.3) is 0 Å². The molecule has 0 spiro atoms. The maximum Gasteiger partial charge on any atom is 0.410 e. The normalized spacial score (nSPS) is 15.7. The lowest BCUT2D eigenvalue weighted by Crippen LogP contribution is -2.41. The molecular weight excluding hydrogens is 1150 g/mol. The first-order chi connectivity index (χ1) is 39.5. The van der Waals surface area contributed by atoms with Gasteiger partial charge in [0.2, 0.25) is 31.9 Å². The number of carbonyl (C=O) groups excluding carboxylic acids is 1. The first-order valence-corrected chi connectivity index (χ1v) is 30.8. The second-order valence-electron chi connectivity index (χ2n) is 21.6. The fraction of sp³-hybridized carbons (Fsp3) is 0.421. The van der Waals surface area contributed by atoms with E-state index < -0.39 is 25.6 Å². The smallest absolute Gasteiger partial charge is 0.410 e. The molecule has 0 aliphatic carbocycles. The van der Waals surface area contributed by atoms with E-state index in [4.69, 9.17) is 46.9 Å². The van der Waals surface area contributed by atoms with Crippen LogP contribution in [-0.2, 0) is 24.8 Å². The summed E-state index contributed by atoms with van der Waals surface area (Å²) in [4.78, 5) is 32.3. The molecule has 10 rings (SSSR count). The lowest BCUT2D eigenvalue weighted by Gasteiger charge is -2.35. The SMILES string of the molecule is Cc1cc(Nc2ncc(Cl)c(Nc3ccccc3S(=O)(=O)N(C)C)n2)c2c(c1C1CCN(C(=O)OC(C)(C)C)CC1)OCCO2.Cc1cc(Nc2ncc(Cl)c(Nc3ccccc3S(=O)(=O)N(C)C)n2)c2c(c1C1CCNCC1)OCCO2.